The van der Waals surface area contributed by atoms with E-state index in [0.717, 1.165) is 31.5 Å². The maximum atomic E-state index is 12.1. The normalized spacial score (nSPS) is 19.3. The van der Waals surface area contributed by atoms with E-state index in [0.29, 0.717) is 5.78 Å². The third-order valence-corrected chi connectivity index (χ3v) is 3.21. The molecule has 15 heavy (non-hydrogen) atoms. The van der Waals surface area contributed by atoms with E-state index in [4.69, 9.17) is 0 Å². The summed E-state index contributed by atoms with van der Waals surface area (Å²) in [6, 6.07) is 1.92. The molecule has 0 aromatic carbocycles. The summed E-state index contributed by atoms with van der Waals surface area (Å²) >= 11 is 0. The average Bonchev–Trinajstić information content (AvgIpc) is 2.65. The van der Waals surface area contributed by atoms with Crippen molar-refractivity contribution >= 4 is 5.78 Å². The molecule has 1 aromatic heterocycles. The standard InChI is InChI=1S/C12H18N2O/c1-13-6-3-10(4-7-13)12(15)11-5-8-14(2)9-11/h5,8-10H,3-4,6-7H2,1-2H3. The van der Waals surface area contributed by atoms with E-state index in [1.165, 1.54) is 0 Å². The summed E-state index contributed by atoms with van der Waals surface area (Å²) in [4.78, 5) is 14.4. The Hall–Kier alpha value is -1.09. The fraction of sp³-hybridized carbons (Fsp3) is 0.583. The zero-order valence-electron chi connectivity index (χ0n) is 9.44. The Labute approximate surface area is 90.7 Å². The van der Waals surface area contributed by atoms with E-state index in [2.05, 4.69) is 11.9 Å². The van der Waals surface area contributed by atoms with Crippen molar-refractivity contribution in [2.24, 2.45) is 13.0 Å². The van der Waals surface area contributed by atoms with E-state index in [1.54, 1.807) is 0 Å². The van der Waals surface area contributed by atoms with Crippen LogP contribution in [0.5, 0.6) is 0 Å². The average molecular weight is 206 g/mol. The molecule has 0 amide bonds. The number of Topliss-reactive ketones (excluding diaryl/α,β-unsaturated/α-hetero) is 1. The Bertz CT molecular complexity index is 348. The lowest BCUT2D eigenvalue weighted by atomic mass is 9.90. The van der Waals surface area contributed by atoms with Crippen LogP contribution in [0.1, 0.15) is 23.2 Å². The number of likely N-dealkylation sites (tertiary alicyclic amines) is 1. The molecule has 1 aliphatic rings. The van der Waals surface area contributed by atoms with Crippen LogP contribution in [0, 0.1) is 5.92 Å². The number of hydrogen-bond donors (Lipinski definition) is 0. The second-order valence-corrected chi connectivity index (χ2v) is 4.51. The maximum Gasteiger partial charge on any atom is 0.167 e. The van der Waals surface area contributed by atoms with Crippen LogP contribution in [-0.4, -0.2) is 35.4 Å². The molecule has 0 radical (unpaired) electrons. The van der Waals surface area contributed by atoms with Crippen LogP contribution in [-0.2, 0) is 7.05 Å². The second-order valence-electron chi connectivity index (χ2n) is 4.51. The highest BCUT2D eigenvalue weighted by Gasteiger charge is 2.24. The molecule has 3 heteroatoms. The van der Waals surface area contributed by atoms with Gasteiger partial charge in [0.1, 0.15) is 0 Å². The number of nitrogens with zero attached hydrogens (tertiary/aromatic N) is 2. The zero-order chi connectivity index (χ0) is 10.8. The molecule has 3 nitrogen and oxygen atoms in total. The van der Waals surface area contributed by atoms with Gasteiger partial charge in [-0.25, -0.2) is 0 Å². The van der Waals surface area contributed by atoms with Gasteiger partial charge >= 0.3 is 0 Å². The van der Waals surface area contributed by atoms with Crippen LogP contribution in [0.3, 0.4) is 0 Å². The van der Waals surface area contributed by atoms with Crippen LogP contribution in [0.2, 0.25) is 0 Å². The molecular formula is C12H18N2O. The largest absolute Gasteiger partial charge is 0.357 e. The summed E-state index contributed by atoms with van der Waals surface area (Å²) in [5.41, 5.74) is 0.868. The highest BCUT2D eigenvalue weighted by molar-refractivity contribution is 5.97. The lowest BCUT2D eigenvalue weighted by molar-refractivity contribution is 0.0857. The van der Waals surface area contributed by atoms with E-state index in [-0.39, 0.29) is 5.92 Å². The van der Waals surface area contributed by atoms with Gasteiger partial charge in [0.15, 0.2) is 5.78 Å². The summed E-state index contributed by atoms with van der Waals surface area (Å²) in [5, 5.41) is 0. The van der Waals surface area contributed by atoms with Crippen LogP contribution < -0.4 is 0 Å². The highest BCUT2D eigenvalue weighted by Crippen LogP contribution is 2.20. The molecule has 0 N–H and O–H groups in total. The monoisotopic (exact) mass is 206 g/mol. The molecule has 1 aliphatic heterocycles. The molecular weight excluding hydrogens is 188 g/mol. The maximum absolute atomic E-state index is 12.1. The van der Waals surface area contributed by atoms with Gasteiger partial charge in [0.25, 0.3) is 0 Å². The van der Waals surface area contributed by atoms with Gasteiger partial charge in [-0.3, -0.25) is 4.79 Å². The van der Waals surface area contributed by atoms with Crippen LogP contribution in [0.25, 0.3) is 0 Å². The van der Waals surface area contributed by atoms with Gasteiger partial charge in [-0.05, 0) is 39.0 Å². The van der Waals surface area contributed by atoms with E-state index in [1.807, 2.05) is 30.1 Å². The summed E-state index contributed by atoms with van der Waals surface area (Å²) < 4.78 is 1.93. The van der Waals surface area contributed by atoms with Crippen molar-refractivity contribution < 1.29 is 4.79 Å². The SMILES string of the molecule is CN1CCC(C(=O)c2ccn(C)c2)CC1. The first-order valence-electron chi connectivity index (χ1n) is 5.51. The van der Waals surface area contributed by atoms with Gasteiger partial charge in [0.2, 0.25) is 0 Å². The van der Waals surface area contributed by atoms with Crippen molar-refractivity contribution in [3.05, 3.63) is 24.0 Å². The van der Waals surface area contributed by atoms with Crippen LogP contribution in [0.15, 0.2) is 18.5 Å². The van der Waals surface area contributed by atoms with E-state index in [9.17, 15) is 4.79 Å². The first kappa shape index (κ1) is 10.4. The molecule has 0 aliphatic carbocycles. The Kier molecular flexibility index (Phi) is 2.91. The van der Waals surface area contributed by atoms with Gasteiger partial charge in [-0.1, -0.05) is 0 Å². The lowest BCUT2D eigenvalue weighted by Crippen LogP contribution is -2.33. The first-order chi connectivity index (χ1) is 7.16. The second kappa shape index (κ2) is 4.19. The smallest absolute Gasteiger partial charge is 0.167 e. The third kappa shape index (κ3) is 2.29. The molecule has 2 rings (SSSR count). The topological polar surface area (TPSA) is 25.2 Å². The number of aryl methyl sites for hydroxylation is 1. The van der Waals surface area contributed by atoms with Gasteiger partial charge in [-0.15, -0.1) is 0 Å². The van der Waals surface area contributed by atoms with Crippen molar-refractivity contribution in [3.63, 3.8) is 0 Å². The molecule has 2 heterocycles. The zero-order valence-corrected chi connectivity index (χ0v) is 9.44. The molecule has 0 spiro atoms. The van der Waals surface area contributed by atoms with E-state index >= 15 is 0 Å². The number of ketones is 1. The van der Waals surface area contributed by atoms with Crippen molar-refractivity contribution in [1.82, 2.24) is 9.47 Å². The van der Waals surface area contributed by atoms with E-state index < -0.39 is 0 Å². The summed E-state index contributed by atoms with van der Waals surface area (Å²) in [6.45, 7) is 2.09. The fourth-order valence-corrected chi connectivity index (χ4v) is 2.16. The number of carbonyl (C=O) groups excluding carboxylic acids is 1. The first-order valence-corrected chi connectivity index (χ1v) is 5.51. The van der Waals surface area contributed by atoms with Crippen molar-refractivity contribution in [1.29, 1.82) is 0 Å². The Morgan fingerprint density at radius 3 is 2.53 bits per heavy atom. The van der Waals surface area contributed by atoms with Crippen molar-refractivity contribution in [2.45, 2.75) is 12.8 Å². The number of hydrogen-bond acceptors (Lipinski definition) is 2. The molecule has 82 valence electrons. The highest BCUT2D eigenvalue weighted by atomic mass is 16.1. The quantitative estimate of drug-likeness (QED) is 0.686. The van der Waals surface area contributed by atoms with Gasteiger partial charge < -0.3 is 9.47 Å². The fourth-order valence-electron chi connectivity index (χ4n) is 2.16. The van der Waals surface area contributed by atoms with Gasteiger partial charge in [0.05, 0.1) is 0 Å². The minimum atomic E-state index is 0.239. The third-order valence-electron chi connectivity index (χ3n) is 3.21. The van der Waals surface area contributed by atoms with Crippen molar-refractivity contribution in [2.75, 3.05) is 20.1 Å². The molecule has 0 saturated carbocycles. The van der Waals surface area contributed by atoms with Gasteiger partial charge in [0, 0.05) is 30.9 Å². The van der Waals surface area contributed by atoms with Gasteiger partial charge in [-0.2, -0.15) is 0 Å². The molecule has 1 fully saturated rings. The van der Waals surface area contributed by atoms with Crippen molar-refractivity contribution in [3.8, 4) is 0 Å². The van der Waals surface area contributed by atoms with Crippen LogP contribution in [0.4, 0.5) is 0 Å². The number of carbonyl (C=O) groups is 1. The summed E-state index contributed by atoms with van der Waals surface area (Å²) in [7, 11) is 4.06. The summed E-state index contributed by atoms with van der Waals surface area (Å²) in [6.07, 6.45) is 5.86. The molecule has 1 aromatic rings. The number of piperidine rings is 1. The summed E-state index contributed by atoms with van der Waals surface area (Å²) in [5.74, 6) is 0.562. The lowest BCUT2D eigenvalue weighted by Gasteiger charge is -2.27. The molecule has 0 bridgehead atoms. The Morgan fingerprint density at radius 2 is 2.00 bits per heavy atom. The predicted octanol–water partition coefficient (Wildman–Crippen LogP) is 1.55. The minimum Gasteiger partial charge on any atom is -0.357 e. The van der Waals surface area contributed by atoms with Crippen LogP contribution >= 0.6 is 0 Å². The Morgan fingerprint density at radius 1 is 1.33 bits per heavy atom. The number of aromatic nitrogens is 1. The molecule has 0 unspecified atom stereocenters. The number of rotatable bonds is 2. The molecule has 1 saturated heterocycles. The minimum absolute atomic E-state index is 0.239. The molecule has 0 atom stereocenters. The Balaban J connectivity index is 2.02. The predicted molar refractivity (Wildman–Crippen MR) is 60.0 cm³/mol.